The fourth-order valence-electron chi connectivity index (χ4n) is 2.52. The van der Waals surface area contributed by atoms with Gasteiger partial charge in [0.15, 0.2) is 3.95 Å². The summed E-state index contributed by atoms with van der Waals surface area (Å²) in [5.74, 6) is 0.890. The standard InChI is InChI=1S/C17H11BrN2O2S2/c18-11-3-4-14-13(7-11)10(8-19-14)6-15-16(21)20(17(23)24-15)9-12-2-1-5-22-12/h1-8,21H,9H2. The summed E-state index contributed by atoms with van der Waals surface area (Å²) in [5.41, 5.74) is 2.89. The van der Waals surface area contributed by atoms with Crippen molar-refractivity contribution in [2.45, 2.75) is 6.54 Å². The van der Waals surface area contributed by atoms with E-state index >= 15 is 0 Å². The van der Waals surface area contributed by atoms with Gasteiger partial charge in [0, 0.05) is 21.8 Å². The third-order valence-corrected chi connectivity index (χ3v) is 5.57. The first kappa shape index (κ1) is 15.6. The van der Waals surface area contributed by atoms with Gasteiger partial charge in [0.2, 0.25) is 5.88 Å². The molecule has 1 N–H and O–H groups in total. The third-order valence-electron chi connectivity index (χ3n) is 3.69. The molecular formula is C17H11BrN2O2S2. The van der Waals surface area contributed by atoms with Crippen molar-refractivity contribution in [1.82, 2.24) is 4.57 Å². The van der Waals surface area contributed by atoms with Crippen molar-refractivity contribution in [3.05, 3.63) is 61.2 Å². The van der Waals surface area contributed by atoms with Crippen LogP contribution in [0.2, 0.25) is 0 Å². The summed E-state index contributed by atoms with van der Waals surface area (Å²) in [6.07, 6.45) is 5.32. The van der Waals surface area contributed by atoms with Crippen LogP contribution in [0.1, 0.15) is 16.2 Å². The third kappa shape index (κ3) is 2.79. The first-order valence-corrected chi connectivity index (χ1v) is 9.14. The second-order valence-electron chi connectivity index (χ2n) is 5.24. The summed E-state index contributed by atoms with van der Waals surface area (Å²) in [4.78, 5) is 5.11. The number of hydrogen-bond acceptors (Lipinski definition) is 5. The molecule has 0 spiro atoms. The number of nitrogens with zero attached hydrogens (tertiary/aromatic N) is 2. The van der Waals surface area contributed by atoms with Gasteiger partial charge in [-0.05, 0) is 48.6 Å². The highest BCUT2D eigenvalue weighted by Gasteiger charge is 2.16. The Labute approximate surface area is 155 Å². The number of aliphatic imine (C=N–C) groups is 1. The van der Waals surface area contributed by atoms with E-state index in [9.17, 15) is 5.11 Å². The van der Waals surface area contributed by atoms with Crippen molar-refractivity contribution < 1.29 is 9.52 Å². The maximum Gasteiger partial charge on any atom is 0.211 e. The van der Waals surface area contributed by atoms with E-state index in [1.165, 1.54) is 11.3 Å². The Balaban J connectivity index is 1.73. The molecule has 0 saturated heterocycles. The van der Waals surface area contributed by atoms with E-state index in [1.807, 2.05) is 36.4 Å². The lowest BCUT2D eigenvalue weighted by atomic mass is 10.1. The van der Waals surface area contributed by atoms with Gasteiger partial charge in [-0.25, -0.2) is 0 Å². The molecule has 2 aromatic heterocycles. The summed E-state index contributed by atoms with van der Waals surface area (Å²) in [5, 5.41) is 10.5. The minimum Gasteiger partial charge on any atom is -0.493 e. The molecule has 0 unspecified atom stereocenters. The second-order valence-corrected chi connectivity index (χ2v) is 7.83. The van der Waals surface area contributed by atoms with E-state index in [2.05, 4.69) is 20.9 Å². The number of aromatic nitrogens is 1. The zero-order valence-corrected chi connectivity index (χ0v) is 15.5. The Morgan fingerprint density at radius 3 is 3.04 bits per heavy atom. The number of rotatable bonds is 3. The van der Waals surface area contributed by atoms with Gasteiger partial charge >= 0.3 is 0 Å². The minimum atomic E-state index is 0.144. The zero-order chi connectivity index (χ0) is 16.7. The molecule has 0 saturated carbocycles. The molecule has 0 radical (unpaired) electrons. The summed E-state index contributed by atoms with van der Waals surface area (Å²) in [6, 6.07) is 9.61. The summed E-state index contributed by atoms with van der Waals surface area (Å²) in [6.45, 7) is 0.410. The van der Waals surface area contributed by atoms with Crippen molar-refractivity contribution in [3.8, 4) is 5.88 Å². The number of furan rings is 1. The molecule has 0 atom stereocenters. The lowest BCUT2D eigenvalue weighted by Crippen LogP contribution is -1.97. The van der Waals surface area contributed by atoms with Crippen LogP contribution in [-0.2, 0) is 6.54 Å². The minimum absolute atomic E-state index is 0.144. The van der Waals surface area contributed by atoms with Crippen molar-refractivity contribution >= 4 is 63.0 Å². The van der Waals surface area contributed by atoms with Crippen LogP contribution >= 0.6 is 39.5 Å². The summed E-state index contributed by atoms with van der Waals surface area (Å²) in [7, 11) is 0. The maximum atomic E-state index is 10.5. The molecule has 1 aliphatic rings. The Kier molecular flexibility index (Phi) is 3.99. The normalized spacial score (nSPS) is 14.5. The fourth-order valence-corrected chi connectivity index (χ4v) is 4.14. The molecule has 0 fully saturated rings. The fraction of sp³-hybridized carbons (Fsp3) is 0.0588. The predicted molar refractivity (Wildman–Crippen MR) is 103 cm³/mol. The average molecular weight is 419 g/mol. The molecule has 1 aliphatic heterocycles. The smallest absolute Gasteiger partial charge is 0.211 e. The van der Waals surface area contributed by atoms with Gasteiger partial charge in [0.25, 0.3) is 0 Å². The molecule has 1 aromatic carbocycles. The number of thiazole rings is 1. The van der Waals surface area contributed by atoms with Gasteiger partial charge in [-0.2, -0.15) is 0 Å². The lowest BCUT2D eigenvalue weighted by molar-refractivity contribution is 0.407. The van der Waals surface area contributed by atoms with Crippen LogP contribution in [0.4, 0.5) is 5.69 Å². The Hall–Kier alpha value is -1.96. The van der Waals surface area contributed by atoms with E-state index in [1.54, 1.807) is 17.0 Å². The predicted octanol–water partition coefficient (Wildman–Crippen LogP) is 5.64. The molecule has 3 aromatic rings. The van der Waals surface area contributed by atoms with E-state index in [0.717, 1.165) is 27.1 Å². The molecule has 7 heteroatoms. The number of hydrogen-bond donors (Lipinski definition) is 1. The number of halogens is 1. The van der Waals surface area contributed by atoms with Crippen LogP contribution in [-0.4, -0.2) is 15.9 Å². The van der Waals surface area contributed by atoms with Crippen LogP contribution in [0.15, 0.2) is 50.5 Å². The number of aromatic hydroxyl groups is 1. The van der Waals surface area contributed by atoms with Gasteiger partial charge < -0.3 is 9.52 Å². The lowest BCUT2D eigenvalue weighted by Gasteiger charge is -2.03. The number of allylic oxidation sites excluding steroid dienone is 1. The first-order valence-electron chi connectivity index (χ1n) is 7.12. The number of benzene rings is 1. The van der Waals surface area contributed by atoms with Crippen LogP contribution < -0.4 is 0 Å². The highest BCUT2D eigenvalue weighted by Crippen LogP contribution is 2.37. The molecule has 4 rings (SSSR count). The quantitative estimate of drug-likeness (QED) is 0.559. The molecule has 4 nitrogen and oxygen atoms in total. The van der Waals surface area contributed by atoms with Crippen molar-refractivity contribution in [1.29, 1.82) is 0 Å². The second kappa shape index (κ2) is 6.16. The number of fused-ring (bicyclic) bond motifs is 1. The SMILES string of the molecule is Oc1c(C=C2C=Nc3ccc(Br)cc32)sc(=S)n1Cc1ccco1. The first-order chi connectivity index (χ1) is 11.6. The average Bonchev–Trinajstić information content (AvgIpc) is 3.26. The molecular weight excluding hydrogens is 408 g/mol. The van der Waals surface area contributed by atoms with Gasteiger partial charge in [-0.3, -0.25) is 9.56 Å². The monoisotopic (exact) mass is 418 g/mol. The van der Waals surface area contributed by atoms with Crippen molar-refractivity contribution in [3.63, 3.8) is 0 Å². The van der Waals surface area contributed by atoms with Crippen molar-refractivity contribution in [2.75, 3.05) is 0 Å². The molecule has 0 amide bonds. The van der Waals surface area contributed by atoms with Gasteiger partial charge in [0.05, 0.1) is 23.4 Å². The van der Waals surface area contributed by atoms with E-state index in [-0.39, 0.29) is 5.88 Å². The van der Waals surface area contributed by atoms with E-state index < -0.39 is 0 Å². The summed E-state index contributed by atoms with van der Waals surface area (Å²) >= 11 is 10.2. The topological polar surface area (TPSA) is 50.7 Å². The molecule has 0 aliphatic carbocycles. The Bertz CT molecular complexity index is 1030. The largest absolute Gasteiger partial charge is 0.493 e. The zero-order valence-electron chi connectivity index (χ0n) is 12.3. The van der Waals surface area contributed by atoms with E-state index in [0.29, 0.717) is 15.4 Å². The molecule has 0 bridgehead atoms. The highest BCUT2D eigenvalue weighted by atomic mass is 79.9. The molecule has 120 valence electrons. The highest BCUT2D eigenvalue weighted by molar-refractivity contribution is 9.10. The maximum absolute atomic E-state index is 10.5. The molecule has 24 heavy (non-hydrogen) atoms. The van der Waals surface area contributed by atoms with E-state index in [4.69, 9.17) is 16.6 Å². The van der Waals surface area contributed by atoms with Crippen molar-refractivity contribution in [2.24, 2.45) is 4.99 Å². The summed E-state index contributed by atoms with van der Waals surface area (Å²) < 4.78 is 8.59. The van der Waals surface area contributed by atoms with Crippen LogP contribution in [0.3, 0.4) is 0 Å². The Morgan fingerprint density at radius 1 is 1.38 bits per heavy atom. The molecule has 3 heterocycles. The van der Waals surface area contributed by atoms with Crippen LogP contribution in [0, 0.1) is 3.95 Å². The van der Waals surface area contributed by atoms with Gasteiger partial charge in [0.1, 0.15) is 5.76 Å². The Morgan fingerprint density at radius 2 is 2.25 bits per heavy atom. The van der Waals surface area contributed by atoms with Gasteiger partial charge in [-0.15, -0.1) is 11.3 Å². The van der Waals surface area contributed by atoms with Crippen LogP contribution in [0.5, 0.6) is 5.88 Å². The van der Waals surface area contributed by atoms with Crippen LogP contribution in [0.25, 0.3) is 11.6 Å². The van der Waals surface area contributed by atoms with Gasteiger partial charge in [-0.1, -0.05) is 15.9 Å².